The van der Waals surface area contributed by atoms with E-state index in [2.05, 4.69) is 9.88 Å². The molecule has 0 bridgehead atoms. The summed E-state index contributed by atoms with van der Waals surface area (Å²) in [6.07, 6.45) is 3.21. The summed E-state index contributed by atoms with van der Waals surface area (Å²) < 4.78 is 14.5. The van der Waals surface area contributed by atoms with Gasteiger partial charge in [0, 0.05) is 44.3 Å². The Bertz CT molecular complexity index is 1280. The molecule has 1 N–H and O–H groups in total. The van der Waals surface area contributed by atoms with Crippen LogP contribution in [0.25, 0.3) is 10.9 Å². The van der Waals surface area contributed by atoms with E-state index in [1.165, 1.54) is 16.7 Å². The molecule has 3 aromatic rings. The number of carbonyl (C=O) groups is 1. The van der Waals surface area contributed by atoms with Crippen LogP contribution in [-0.2, 0) is 11.3 Å². The lowest BCUT2D eigenvalue weighted by Crippen LogP contribution is -2.50. The topological polar surface area (TPSA) is 78.4 Å². The van der Waals surface area contributed by atoms with Crippen molar-refractivity contribution < 1.29 is 9.18 Å². The van der Waals surface area contributed by atoms with E-state index < -0.39 is 0 Å². The fourth-order valence-corrected chi connectivity index (χ4v) is 5.31. The summed E-state index contributed by atoms with van der Waals surface area (Å²) in [4.78, 5) is 45.3. The first kappa shape index (κ1) is 22.4. The third-order valence-electron chi connectivity index (χ3n) is 7.31. The summed E-state index contributed by atoms with van der Waals surface area (Å²) in [5.74, 6) is 0.167. The van der Waals surface area contributed by atoms with Crippen LogP contribution >= 0.6 is 0 Å². The van der Waals surface area contributed by atoms with Gasteiger partial charge in [0.05, 0.1) is 10.9 Å². The zero-order valence-corrected chi connectivity index (χ0v) is 19.1. The summed E-state index contributed by atoms with van der Waals surface area (Å²) in [7, 11) is 0. The van der Waals surface area contributed by atoms with Crippen LogP contribution in [-0.4, -0.2) is 46.5 Å². The molecule has 2 aromatic carbocycles. The number of H-pyrrole nitrogens is 1. The predicted molar refractivity (Wildman–Crippen MR) is 129 cm³/mol. The number of piperazine rings is 1. The fraction of sp³-hybridized carbons (Fsp3) is 0.423. The lowest BCUT2D eigenvalue weighted by molar-refractivity contribution is -0.137. The van der Waals surface area contributed by atoms with Gasteiger partial charge in [-0.15, -0.1) is 0 Å². The predicted octanol–water partition coefficient (Wildman–Crippen LogP) is 2.98. The average Bonchev–Trinajstić information content (AvgIpc) is 2.87. The number of benzene rings is 2. The van der Waals surface area contributed by atoms with Crippen molar-refractivity contribution in [1.82, 2.24) is 14.5 Å². The molecule has 1 amide bonds. The van der Waals surface area contributed by atoms with Gasteiger partial charge in [0.2, 0.25) is 5.91 Å². The van der Waals surface area contributed by atoms with Crippen LogP contribution < -0.4 is 16.1 Å². The molecule has 0 unspecified atom stereocenters. The van der Waals surface area contributed by atoms with E-state index in [9.17, 15) is 18.8 Å². The first-order chi connectivity index (χ1) is 16.5. The standard InChI is InChI=1S/C26H29FN4O3/c27-20-9-11-21(12-10-20)29-13-15-30(16-14-29)24(32)19-7-5-18(6-8-19)17-31-25(33)22-3-1-2-4-23(22)28-26(31)34/h1-4,9-12,18-19H,5-8,13-17H2,(H,28,34). The number of nitrogens with zero attached hydrogens (tertiary/aromatic N) is 3. The lowest BCUT2D eigenvalue weighted by Gasteiger charge is -2.38. The van der Waals surface area contributed by atoms with Crippen LogP contribution in [0, 0.1) is 17.7 Å². The Balaban J connectivity index is 1.16. The molecule has 5 rings (SSSR count). The molecule has 0 radical (unpaired) electrons. The Morgan fingerprint density at radius 1 is 0.912 bits per heavy atom. The van der Waals surface area contributed by atoms with Crippen LogP contribution in [0.1, 0.15) is 25.7 Å². The van der Waals surface area contributed by atoms with E-state index in [1.807, 2.05) is 4.90 Å². The number of carbonyl (C=O) groups excluding carboxylic acids is 1. The van der Waals surface area contributed by atoms with Gasteiger partial charge in [-0.3, -0.25) is 14.2 Å². The van der Waals surface area contributed by atoms with Gasteiger partial charge < -0.3 is 14.8 Å². The largest absolute Gasteiger partial charge is 0.368 e. The molecular formula is C26H29FN4O3. The number of para-hydroxylation sites is 1. The van der Waals surface area contributed by atoms with Gasteiger partial charge in [0.25, 0.3) is 5.56 Å². The maximum absolute atomic E-state index is 13.2. The first-order valence-corrected chi connectivity index (χ1v) is 12.0. The van der Waals surface area contributed by atoms with Crippen molar-refractivity contribution in [2.45, 2.75) is 32.2 Å². The molecule has 7 nitrogen and oxygen atoms in total. The summed E-state index contributed by atoms with van der Waals surface area (Å²) >= 11 is 0. The van der Waals surface area contributed by atoms with Crippen molar-refractivity contribution >= 4 is 22.5 Å². The Kier molecular flexibility index (Phi) is 6.22. The highest BCUT2D eigenvalue weighted by molar-refractivity contribution is 5.79. The molecule has 1 aliphatic carbocycles. The van der Waals surface area contributed by atoms with Crippen LogP contribution in [0.3, 0.4) is 0 Å². The molecule has 0 spiro atoms. The number of hydrogen-bond acceptors (Lipinski definition) is 4. The minimum absolute atomic E-state index is 0.000214. The van der Waals surface area contributed by atoms with Crippen molar-refractivity contribution in [3.8, 4) is 0 Å². The van der Waals surface area contributed by atoms with Gasteiger partial charge in [-0.1, -0.05) is 12.1 Å². The molecule has 2 fully saturated rings. The van der Waals surface area contributed by atoms with Crippen molar-refractivity contribution in [2.24, 2.45) is 11.8 Å². The number of rotatable bonds is 4. The van der Waals surface area contributed by atoms with Gasteiger partial charge in [0.15, 0.2) is 0 Å². The summed E-state index contributed by atoms with van der Waals surface area (Å²) in [5, 5.41) is 0.519. The number of aromatic nitrogens is 2. The Morgan fingerprint density at radius 3 is 2.29 bits per heavy atom. The normalized spacial score (nSPS) is 21.1. The minimum atomic E-state index is -0.374. The fourth-order valence-electron chi connectivity index (χ4n) is 5.31. The second kappa shape index (κ2) is 9.44. The van der Waals surface area contributed by atoms with Crippen LogP contribution in [0.2, 0.25) is 0 Å². The van der Waals surface area contributed by atoms with Crippen molar-refractivity contribution in [3.05, 3.63) is 75.2 Å². The highest BCUT2D eigenvalue weighted by Gasteiger charge is 2.31. The number of hydrogen-bond donors (Lipinski definition) is 1. The summed E-state index contributed by atoms with van der Waals surface area (Å²) in [5.41, 5.74) is 0.910. The smallest absolute Gasteiger partial charge is 0.328 e. The molecule has 1 aliphatic heterocycles. The van der Waals surface area contributed by atoms with E-state index in [4.69, 9.17) is 0 Å². The number of halogens is 1. The zero-order chi connectivity index (χ0) is 23.7. The van der Waals surface area contributed by atoms with E-state index in [0.29, 0.717) is 30.5 Å². The zero-order valence-electron chi connectivity index (χ0n) is 19.1. The number of fused-ring (bicyclic) bond motifs is 1. The highest BCUT2D eigenvalue weighted by Crippen LogP contribution is 2.31. The molecule has 2 aliphatic rings. The Morgan fingerprint density at radius 2 is 1.59 bits per heavy atom. The molecule has 0 atom stereocenters. The molecule has 1 aromatic heterocycles. The van der Waals surface area contributed by atoms with Gasteiger partial charge >= 0.3 is 5.69 Å². The van der Waals surface area contributed by atoms with E-state index in [0.717, 1.165) is 44.5 Å². The molecule has 1 saturated carbocycles. The average molecular weight is 465 g/mol. The first-order valence-electron chi connectivity index (χ1n) is 12.0. The number of aromatic amines is 1. The van der Waals surface area contributed by atoms with Crippen molar-refractivity contribution in [3.63, 3.8) is 0 Å². The van der Waals surface area contributed by atoms with E-state index in [1.54, 1.807) is 36.4 Å². The molecule has 178 valence electrons. The number of anilines is 1. The highest BCUT2D eigenvalue weighted by atomic mass is 19.1. The Hall–Kier alpha value is -3.42. The number of nitrogens with one attached hydrogen (secondary N) is 1. The van der Waals surface area contributed by atoms with Crippen molar-refractivity contribution in [1.29, 1.82) is 0 Å². The minimum Gasteiger partial charge on any atom is -0.368 e. The van der Waals surface area contributed by atoms with Crippen LogP contribution in [0.15, 0.2) is 58.1 Å². The second-order valence-electron chi connectivity index (χ2n) is 9.40. The van der Waals surface area contributed by atoms with E-state index in [-0.39, 0.29) is 34.8 Å². The van der Waals surface area contributed by atoms with Crippen molar-refractivity contribution in [2.75, 3.05) is 31.1 Å². The maximum atomic E-state index is 13.2. The quantitative estimate of drug-likeness (QED) is 0.644. The van der Waals surface area contributed by atoms with Crippen LogP contribution in [0.5, 0.6) is 0 Å². The maximum Gasteiger partial charge on any atom is 0.328 e. The molecule has 34 heavy (non-hydrogen) atoms. The Labute approximate surface area is 196 Å². The van der Waals surface area contributed by atoms with Gasteiger partial charge in [-0.05, 0) is 68.0 Å². The second-order valence-corrected chi connectivity index (χ2v) is 9.40. The monoisotopic (exact) mass is 464 g/mol. The third-order valence-corrected chi connectivity index (χ3v) is 7.31. The SMILES string of the molecule is O=C(C1CCC(Cn2c(=O)[nH]c3ccccc3c2=O)CC1)N1CCN(c2ccc(F)cc2)CC1. The third kappa shape index (κ3) is 4.49. The molecular weight excluding hydrogens is 435 g/mol. The van der Waals surface area contributed by atoms with Gasteiger partial charge in [-0.2, -0.15) is 0 Å². The summed E-state index contributed by atoms with van der Waals surface area (Å²) in [6, 6.07) is 13.5. The summed E-state index contributed by atoms with van der Waals surface area (Å²) in [6.45, 7) is 3.19. The molecule has 8 heteroatoms. The van der Waals surface area contributed by atoms with Gasteiger partial charge in [-0.25, -0.2) is 9.18 Å². The molecule has 2 heterocycles. The lowest BCUT2D eigenvalue weighted by atomic mass is 9.81. The number of amides is 1. The molecule has 1 saturated heterocycles. The van der Waals surface area contributed by atoms with Gasteiger partial charge in [0.1, 0.15) is 5.82 Å². The van der Waals surface area contributed by atoms with Crippen LogP contribution in [0.4, 0.5) is 10.1 Å². The van der Waals surface area contributed by atoms with E-state index >= 15 is 0 Å².